The summed E-state index contributed by atoms with van der Waals surface area (Å²) in [5.74, 6) is 3.33. The molecule has 0 radical (unpaired) electrons. The molecule has 0 spiro atoms. The normalized spacial score (nSPS) is 10.4. The second-order valence-corrected chi connectivity index (χ2v) is 6.61. The Balaban J connectivity index is 1.54. The van der Waals surface area contributed by atoms with Gasteiger partial charge in [0, 0.05) is 16.1 Å². The first-order valence-electron chi connectivity index (χ1n) is 9.12. The van der Waals surface area contributed by atoms with Gasteiger partial charge in [-0.3, -0.25) is 4.79 Å². The molecule has 0 fully saturated rings. The number of hydrogen-bond donors (Lipinski definition) is 1. The van der Waals surface area contributed by atoms with Crippen molar-refractivity contribution in [2.75, 3.05) is 6.61 Å². The first kappa shape index (κ1) is 21.0. The van der Waals surface area contributed by atoms with Crippen LogP contribution in [0.1, 0.15) is 21.5 Å². The average molecular weight is 419 g/mol. The molecule has 5 nitrogen and oxygen atoms in total. The van der Waals surface area contributed by atoms with Crippen LogP contribution in [0.2, 0.25) is 5.02 Å². The standard InChI is InChI=1S/C24H19ClN2O3/c1-2-15-29-23-6-4-3-5-20(23)16-26-27-24(28)19-9-13-22(14-10-19)30-17-18-7-11-21(25)12-8-18/h1,3-14,16H,15,17H2,(H,27,28)/b26-16-. The van der Waals surface area contributed by atoms with Crippen molar-refractivity contribution in [1.82, 2.24) is 5.43 Å². The van der Waals surface area contributed by atoms with Gasteiger partial charge in [0.15, 0.2) is 0 Å². The van der Waals surface area contributed by atoms with Gasteiger partial charge in [-0.25, -0.2) is 5.43 Å². The zero-order chi connectivity index (χ0) is 21.2. The van der Waals surface area contributed by atoms with Gasteiger partial charge < -0.3 is 9.47 Å². The molecule has 0 heterocycles. The highest BCUT2D eigenvalue weighted by Crippen LogP contribution is 2.17. The van der Waals surface area contributed by atoms with E-state index in [1.807, 2.05) is 42.5 Å². The number of hydrazone groups is 1. The van der Waals surface area contributed by atoms with Gasteiger partial charge in [0.1, 0.15) is 24.7 Å². The Hall–Kier alpha value is -3.75. The quantitative estimate of drug-likeness (QED) is 0.328. The second-order valence-electron chi connectivity index (χ2n) is 6.17. The molecule has 0 aliphatic rings. The third-order valence-electron chi connectivity index (χ3n) is 4.04. The van der Waals surface area contributed by atoms with Gasteiger partial charge in [-0.1, -0.05) is 41.8 Å². The Morgan fingerprint density at radius 2 is 1.77 bits per heavy atom. The summed E-state index contributed by atoms with van der Waals surface area (Å²) >= 11 is 5.87. The topological polar surface area (TPSA) is 59.9 Å². The van der Waals surface area contributed by atoms with Crippen molar-refractivity contribution in [1.29, 1.82) is 0 Å². The largest absolute Gasteiger partial charge is 0.489 e. The number of carbonyl (C=O) groups is 1. The molecule has 0 bridgehead atoms. The van der Waals surface area contributed by atoms with Gasteiger partial charge in [-0.05, 0) is 54.1 Å². The number of rotatable bonds is 8. The van der Waals surface area contributed by atoms with Gasteiger partial charge in [0.05, 0.1) is 6.21 Å². The van der Waals surface area contributed by atoms with Crippen LogP contribution in [0.15, 0.2) is 77.9 Å². The van der Waals surface area contributed by atoms with E-state index < -0.39 is 0 Å². The number of benzene rings is 3. The van der Waals surface area contributed by atoms with Gasteiger partial charge in [-0.2, -0.15) is 5.10 Å². The van der Waals surface area contributed by atoms with E-state index in [1.54, 1.807) is 30.3 Å². The lowest BCUT2D eigenvalue weighted by atomic mass is 10.2. The summed E-state index contributed by atoms with van der Waals surface area (Å²) in [6.07, 6.45) is 6.72. The van der Waals surface area contributed by atoms with Crippen LogP contribution in [0.3, 0.4) is 0 Å². The molecule has 150 valence electrons. The number of halogens is 1. The van der Waals surface area contributed by atoms with Crippen molar-refractivity contribution >= 4 is 23.7 Å². The van der Waals surface area contributed by atoms with E-state index in [0.717, 1.165) is 5.56 Å². The summed E-state index contributed by atoms with van der Waals surface area (Å²) in [7, 11) is 0. The zero-order valence-electron chi connectivity index (χ0n) is 16.0. The van der Waals surface area contributed by atoms with E-state index in [0.29, 0.717) is 34.3 Å². The molecule has 3 aromatic rings. The third-order valence-corrected chi connectivity index (χ3v) is 4.29. The predicted octanol–water partition coefficient (Wildman–Crippen LogP) is 4.69. The van der Waals surface area contributed by atoms with Crippen LogP contribution >= 0.6 is 11.6 Å². The monoisotopic (exact) mass is 418 g/mol. The number of hydrogen-bond acceptors (Lipinski definition) is 4. The highest BCUT2D eigenvalue weighted by molar-refractivity contribution is 6.30. The molecule has 0 saturated carbocycles. The summed E-state index contributed by atoms with van der Waals surface area (Å²) in [5.41, 5.74) is 4.66. The molecule has 1 amide bonds. The van der Waals surface area contributed by atoms with Crippen molar-refractivity contribution in [2.24, 2.45) is 5.10 Å². The Bertz CT molecular complexity index is 1060. The number of nitrogens with one attached hydrogen (secondary N) is 1. The molecule has 0 aromatic heterocycles. The molecular formula is C24H19ClN2O3. The lowest BCUT2D eigenvalue weighted by Crippen LogP contribution is -2.17. The summed E-state index contributed by atoms with van der Waals surface area (Å²) < 4.78 is 11.2. The molecule has 0 atom stereocenters. The molecule has 3 rings (SSSR count). The fraction of sp³-hybridized carbons (Fsp3) is 0.0833. The van der Waals surface area contributed by atoms with E-state index in [2.05, 4.69) is 16.4 Å². The van der Waals surface area contributed by atoms with Crippen molar-refractivity contribution in [3.63, 3.8) is 0 Å². The van der Waals surface area contributed by atoms with Crippen molar-refractivity contribution in [3.8, 4) is 23.8 Å². The summed E-state index contributed by atoms with van der Waals surface area (Å²) in [4.78, 5) is 12.3. The Morgan fingerprint density at radius 1 is 1.03 bits per heavy atom. The number of para-hydroxylation sites is 1. The number of nitrogens with zero attached hydrogens (tertiary/aromatic N) is 1. The summed E-state index contributed by atoms with van der Waals surface area (Å²) in [5, 5.41) is 4.67. The number of ether oxygens (including phenoxy) is 2. The second kappa shape index (κ2) is 10.7. The molecule has 0 saturated heterocycles. The zero-order valence-corrected chi connectivity index (χ0v) is 16.8. The highest BCUT2D eigenvalue weighted by atomic mass is 35.5. The minimum atomic E-state index is -0.336. The van der Waals surface area contributed by atoms with Crippen LogP contribution in [0.4, 0.5) is 0 Å². The van der Waals surface area contributed by atoms with Crippen LogP contribution < -0.4 is 14.9 Å². The van der Waals surface area contributed by atoms with Crippen LogP contribution in [-0.4, -0.2) is 18.7 Å². The van der Waals surface area contributed by atoms with Gasteiger partial charge >= 0.3 is 0 Å². The van der Waals surface area contributed by atoms with Crippen molar-refractivity contribution in [3.05, 3.63) is 94.5 Å². The van der Waals surface area contributed by atoms with Crippen LogP contribution in [0.5, 0.6) is 11.5 Å². The fourth-order valence-electron chi connectivity index (χ4n) is 2.51. The highest BCUT2D eigenvalue weighted by Gasteiger charge is 2.05. The molecule has 3 aromatic carbocycles. The first-order chi connectivity index (χ1) is 14.7. The summed E-state index contributed by atoms with van der Waals surface area (Å²) in [6.45, 7) is 0.567. The van der Waals surface area contributed by atoms with Crippen LogP contribution in [0, 0.1) is 12.3 Å². The first-order valence-corrected chi connectivity index (χ1v) is 9.49. The van der Waals surface area contributed by atoms with E-state index in [1.165, 1.54) is 6.21 Å². The SMILES string of the molecule is C#CCOc1ccccc1/C=N\NC(=O)c1ccc(OCc2ccc(Cl)cc2)cc1. The molecule has 0 aliphatic heterocycles. The molecule has 0 unspecified atom stereocenters. The summed E-state index contributed by atoms with van der Waals surface area (Å²) in [6, 6.07) is 21.5. The third kappa shape index (κ3) is 6.13. The number of carbonyl (C=O) groups excluding carboxylic acids is 1. The van der Waals surface area contributed by atoms with Crippen molar-refractivity contribution < 1.29 is 14.3 Å². The fourth-order valence-corrected chi connectivity index (χ4v) is 2.64. The molecule has 0 aliphatic carbocycles. The molecule has 30 heavy (non-hydrogen) atoms. The van der Waals surface area contributed by atoms with Crippen LogP contribution in [0.25, 0.3) is 0 Å². The number of terminal acetylenes is 1. The van der Waals surface area contributed by atoms with Gasteiger partial charge in [-0.15, -0.1) is 6.42 Å². The maximum Gasteiger partial charge on any atom is 0.271 e. The van der Waals surface area contributed by atoms with E-state index >= 15 is 0 Å². The van der Waals surface area contributed by atoms with Gasteiger partial charge in [0.25, 0.3) is 5.91 Å². The Labute approximate surface area is 180 Å². The van der Waals surface area contributed by atoms with Crippen LogP contribution in [-0.2, 0) is 6.61 Å². The molecular weight excluding hydrogens is 400 g/mol. The smallest absolute Gasteiger partial charge is 0.271 e. The minimum absolute atomic E-state index is 0.156. The maximum absolute atomic E-state index is 12.3. The number of amides is 1. The average Bonchev–Trinajstić information content (AvgIpc) is 2.78. The predicted molar refractivity (Wildman–Crippen MR) is 118 cm³/mol. The molecule has 6 heteroatoms. The molecule has 1 N–H and O–H groups in total. The Kier molecular flexibility index (Phi) is 7.48. The van der Waals surface area contributed by atoms with E-state index in [9.17, 15) is 4.79 Å². The van der Waals surface area contributed by atoms with Gasteiger partial charge in [0.2, 0.25) is 0 Å². The lowest BCUT2D eigenvalue weighted by molar-refractivity contribution is 0.0955. The lowest BCUT2D eigenvalue weighted by Gasteiger charge is -2.07. The maximum atomic E-state index is 12.3. The minimum Gasteiger partial charge on any atom is -0.489 e. The van der Waals surface area contributed by atoms with E-state index in [-0.39, 0.29) is 12.5 Å². The van der Waals surface area contributed by atoms with E-state index in [4.69, 9.17) is 27.5 Å². The van der Waals surface area contributed by atoms with Crippen molar-refractivity contribution in [2.45, 2.75) is 6.61 Å². The Morgan fingerprint density at radius 3 is 2.50 bits per heavy atom.